The summed E-state index contributed by atoms with van der Waals surface area (Å²) in [7, 11) is 0. The van der Waals surface area contributed by atoms with Crippen LogP contribution in [-0.4, -0.2) is 0 Å². The van der Waals surface area contributed by atoms with Crippen molar-refractivity contribution >= 4 is 0 Å². The zero-order valence-corrected chi connectivity index (χ0v) is 19.1. The summed E-state index contributed by atoms with van der Waals surface area (Å²) < 4.78 is 0. The van der Waals surface area contributed by atoms with E-state index >= 15 is 0 Å². The monoisotopic (exact) mass is 348 g/mol. The van der Waals surface area contributed by atoms with E-state index in [4.69, 9.17) is 0 Å². The minimum atomic E-state index is 0. The van der Waals surface area contributed by atoms with Crippen LogP contribution in [0.3, 0.4) is 0 Å². The van der Waals surface area contributed by atoms with Crippen molar-refractivity contribution in [2.45, 2.75) is 69.2 Å². The maximum absolute atomic E-state index is 3.44. The quantitative estimate of drug-likeness (QED) is 0.323. The minimum Gasteiger partial charge on any atom is -0.358 e. The zero-order chi connectivity index (χ0) is 15.9. The molecule has 0 aromatic heterocycles. The molecule has 0 aliphatic heterocycles. The predicted octanol–water partition coefficient (Wildman–Crippen LogP) is 7.12. The van der Waals surface area contributed by atoms with Gasteiger partial charge in [-0.3, -0.25) is 12.2 Å². The molecule has 0 aromatic rings. The van der Waals surface area contributed by atoms with Crippen LogP contribution in [0.5, 0.6) is 0 Å². The Morgan fingerprint density at radius 2 is 0.783 bits per heavy atom. The van der Waals surface area contributed by atoms with E-state index in [1.807, 2.05) is 0 Å². The van der Waals surface area contributed by atoms with Gasteiger partial charge in [0.15, 0.2) is 0 Å². The second-order valence-corrected chi connectivity index (χ2v) is 7.25. The summed E-state index contributed by atoms with van der Waals surface area (Å²) in [6.07, 6.45) is 6.87. The first-order valence-corrected chi connectivity index (χ1v) is 7.50. The van der Waals surface area contributed by atoms with Gasteiger partial charge < -0.3 is 14.9 Å². The third-order valence-corrected chi connectivity index (χ3v) is 5.12. The van der Waals surface area contributed by atoms with Gasteiger partial charge in [0.2, 0.25) is 0 Å². The molecule has 0 saturated heterocycles. The van der Waals surface area contributed by atoms with E-state index in [0.717, 1.165) is 0 Å². The van der Waals surface area contributed by atoms with Crippen molar-refractivity contribution in [1.29, 1.82) is 0 Å². The molecule has 2 aliphatic carbocycles. The van der Waals surface area contributed by atoms with E-state index in [1.165, 1.54) is 33.4 Å². The average molecular weight is 348 g/mol. The Morgan fingerprint density at radius 3 is 0.826 bits per heavy atom. The van der Waals surface area contributed by atoms with E-state index in [2.05, 4.69) is 81.4 Å². The number of hydrogen-bond donors (Lipinski definition) is 0. The maximum Gasteiger partial charge on any atom is 4.00 e. The first-order chi connectivity index (χ1) is 8.90. The van der Waals surface area contributed by atoms with Crippen molar-refractivity contribution < 1.29 is 21.7 Å². The Kier molecular flexibility index (Phi) is 11.0. The SMILES string of the molecule is CC1=[C-]C(C)(C)C(C)=C1C.CC1=[C-]C(C)(C)C(C)=C1C.[CH3-].[CH3-].[Ti+4]. The molecule has 0 nitrogen and oxygen atoms in total. The van der Waals surface area contributed by atoms with Gasteiger partial charge in [-0.15, -0.1) is 13.8 Å². The van der Waals surface area contributed by atoms with Crippen molar-refractivity contribution in [2.75, 3.05) is 0 Å². The van der Waals surface area contributed by atoms with Crippen LogP contribution in [0.1, 0.15) is 69.2 Å². The van der Waals surface area contributed by atoms with E-state index in [9.17, 15) is 0 Å². The molecule has 0 fully saturated rings. The standard InChI is InChI=1S/2C10H15.2CH3.Ti/c2*1-7-6-10(4,5)9(3)8(7)2;;;/h2*1-5H3;2*1H3;/q4*-1;+4. The summed E-state index contributed by atoms with van der Waals surface area (Å²) in [6, 6.07) is 0. The topological polar surface area (TPSA) is 0 Å². The Balaban J connectivity index is -0.000000308. The molecular formula is C22H36Ti. The Hall–Kier alpha value is -0.326. The fourth-order valence-electron chi connectivity index (χ4n) is 2.81. The molecule has 0 bridgehead atoms. The summed E-state index contributed by atoms with van der Waals surface area (Å²) >= 11 is 0. The summed E-state index contributed by atoms with van der Waals surface area (Å²) in [6.45, 7) is 21.8. The Morgan fingerprint density at radius 1 is 0.565 bits per heavy atom. The van der Waals surface area contributed by atoms with E-state index < -0.39 is 0 Å². The normalized spacial score (nSPS) is 20.4. The molecule has 1 heteroatoms. The van der Waals surface area contributed by atoms with E-state index in [-0.39, 0.29) is 47.4 Å². The third kappa shape index (κ3) is 5.91. The maximum atomic E-state index is 3.44. The summed E-state index contributed by atoms with van der Waals surface area (Å²) in [5, 5.41) is 0. The van der Waals surface area contributed by atoms with Crippen LogP contribution in [0.25, 0.3) is 0 Å². The first kappa shape index (κ1) is 27.5. The van der Waals surface area contributed by atoms with Crippen LogP contribution >= 0.6 is 0 Å². The van der Waals surface area contributed by atoms with E-state index in [0.29, 0.717) is 0 Å². The molecule has 2 rings (SSSR count). The molecule has 0 amide bonds. The van der Waals surface area contributed by atoms with Crippen LogP contribution in [-0.2, 0) is 21.7 Å². The molecule has 0 saturated carbocycles. The number of hydrogen-bond acceptors (Lipinski definition) is 0. The summed E-state index contributed by atoms with van der Waals surface area (Å²) in [5.41, 5.74) is 8.79. The fourth-order valence-corrected chi connectivity index (χ4v) is 2.81. The van der Waals surface area contributed by atoms with Gasteiger partial charge in [0.05, 0.1) is 0 Å². The van der Waals surface area contributed by atoms with Crippen molar-refractivity contribution in [2.24, 2.45) is 10.8 Å². The van der Waals surface area contributed by atoms with Gasteiger partial charge in [-0.25, -0.2) is 11.1 Å². The Bertz CT molecular complexity index is 484. The molecule has 0 unspecified atom stereocenters. The number of rotatable bonds is 0. The average Bonchev–Trinajstić information content (AvgIpc) is 2.60. The van der Waals surface area contributed by atoms with Crippen molar-refractivity contribution in [3.63, 3.8) is 0 Å². The molecule has 0 heterocycles. The Labute approximate surface area is 162 Å². The summed E-state index contributed by atoms with van der Waals surface area (Å²) in [5.74, 6) is 0. The van der Waals surface area contributed by atoms with Gasteiger partial charge in [-0.2, -0.15) is 22.3 Å². The van der Waals surface area contributed by atoms with Gasteiger partial charge in [-0.05, 0) is 0 Å². The molecule has 128 valence electrons. The largest absolute Gasteiger partial charge is 4.00 e. The zero-order valence-electron chi connectivity index (χ0n) is 17.5. The molecule has 0 aromatic carbocycles. The van der Waals surface area contributed by atoms with Crippen LogP contribution < -0.4 is 0 Å². The van der Waals surface area contributed by atoms with Crippen molar-refractivity contribution in [3.8, 4) is 0 Å². The van der Waals surface area contributed by atoms with Crippen LogP contribution in [0.4, 0.5) is 0 Å². The van der Waals surface area contributed by atoms with Gasteiger partial charge >= 0.3 is 21.7 Å². The third-order valence-electron chi connectivity index (χ3n) is 5.12. The molecule has 2 aliphatic rings. The van der Waals surface area contributed by atoms with Gasteiger partial charge in [0.1, 0.15) is 0 Å². The fraction of sp³-hybridized carbons (Fsp3) is 0.545. The van der Waals surface area contributed by atoms with Crippen molar-refractivity contribution in [3.05, 3.63) is 60.4 Å². The predicted molar refractivity (Wildman–Crippen MR) is 102 cm³/mol. The van der Waals surface area contributed by atoms with Gasteiger partial charge in [0, 0.05) is 0 Å². The molecular weight excluding hydrogens is 312 g/mol. The van der Waals surface area contributed by atoms with Crippen molar-refractivity contribution in [1.82, 2.24) is 0 Å². The molecule has 23 heavy (non-hydrogen) atoms. The van der Waals surface area contributed by atoms with Crippen LogP contribution in [0.15, 0.2) is 33.4 Å². The van der Waals surface area contributed by atoms with Crippen LogP contribution in [0, 0.1) is 37.8 Å². The molecule has 0 radical (unpaired) electrons. The first-order valence-electron chi connectivity index (χ1n) is 7.50. The summed E-state index contributed by atoms with van der Waals surface area (Å²) in [4.78, 5) is 0. The second-order valence-electron chi connectivity index (χ2n) is 7.25. The molecule has 0 spiro atoms. The van der Waals surface area contributed by atoms with E-state index in [1.54, 1.807) is 0 Å². The van der Waals surface area contributed by atoms with Gasteiger partial charge in [-0.1, -0.05) is 66.2 Å². The van der Waals surface area contributed by atoms with Gasteiger partial charge in [0.25, 0.3) is 0 Å². The van der Waals surface area contributed by atoms with Crippen LogP contribution in [0.2, 0.25) is 0 Å². The second kappa shape index (κ2) is 9.23. The molecule has 0 N–H and O–H groups in total. The number of allylic oxidation sites excluding steroid dienone is 8. The smallest absolute Gasteiger partial charge is 0.358 e. The minimum absolute atomic E-state index is 0. The molecule has 0 atom stereocenters.